The van der Waals surface area contributed by atoms with Crippen molar-refractivity contribution < 1.29 is 4.39 Å². The first kappa shape index (κ1) is 12.7. The van der Waals surface area contributed by atoms with E-state index in [9.17, 15) is 4.39 Å². The van der Waals surface area contributed by atoms with Gasteiger partial charge in [0.15, 0.2) is 0 Å². The first-order valence-corrected chi connectivity index (χ1v) is 6.98. The predicted octanol–water partition coefficient (Wildman–Crippen LogP) is 4.20. The van der Waals surface area contributed by atoms with Crippen LogP contribution in [-0.2, 0) is 0 Å². The van der Waals surface area contributed by atoms with Gasteiger partial charge in [-0.1, -0.05) is 24.3 Å². The minimum atomic E-state index is -0.286. The van der Waals surface area contributed by atoms with Crippen molar-refractivity contribution in [3.8, 4) is 22.8 Å². The molecule has 0 radical (unpaired) electrons. The fraction of sp³-hybridized carbons (Fsp3) is 0. The predicted molar refractivity (Wildman–Crippen MR) is 83.8 cm³/mol. The van der Waals surface area contributed by atoms with E-state index in [1.165, 1.54) is 6.07 Å². The first-order valence-electron chi connectivity index (χ1n) is 6.98. The van der Waals surface area contributed by atoms with E-state index in [1.54, 1.807) is 18.3 Å². The van der Waals surface area contributed by atoms with Crippen LogP contribution in [-0.4, -0.2) is 14.4 Å². The van der Waals surface area contributed by atoms with Gasteiger partial charge in [-0.3, -0.25) is 9.38 Å². The Morgan fingerprint density at radius 1 is 0.864 bits per heavy atom. The summed E-state index contributed by atoms with van der Waals surface area (Å²) in [6.07, 6.45) is 3.61. The number of hydrogen-bond donors (Lipinski definition) is 0. The minimum absolute atomic E-state index is 0.286. The fourth-order valence-electron chi connectivity index (χ4n) is 2.56. The van der Waals surface area contributed by atoms with Gasteiger partial charge < -0.3 is 0 Å². The average molecular weight is 289 g/mol. The number of rotatable bonds is 2. The van der Waals surface area contributed by atoms with Crippen LogP contribution < -0.4 is 0 Å². The number of fused-ring (bicyclic) bond motifs is 1. The van der Waals surface area contributed by atoms with Crippen molar-refractivity contribution >= 4 is 5.52 Å². The second-order valence-corrected chi connectivity index (χ2v) is 4.93. The molecule has 4 aromatic rings. The summed E-state index contributed by atoms with van der Waals surface area (Å²) >= 11 is 0. The van der Waals surface area contributed by atoms with E-state index in [1.807, 2.05) is 53.1 Å². The van der Waals surface area contributed by atoms with Crippen molar-refractivity contribution in [1.82, 2.24) is 14.4 Å². The molecule has 0 unspecified atom stereocenters. The van der Waals surface area contributed by atoms with E-state index in [0.717, 1.165) is 16.9 Å². The second-order valence-electron chi connectivity index (χ2n) is 4.93. The van der Waals surface area contributed by atoms with Gasteiger partial charge in [-0.05, 0) is 36.4 Å². The molecule has 0 aliphatic heterocycles. The number of halogens is 1. The number of imidazole rings is 1. The van der Waals surface area contributed by atoms with E-state index in [4.69, 9.17) is 0 Å². The number of pyridine rings is 2. The highest BCUT2D eigenvalue weighted by Crippen LogP contribution is 2.29. The lowest BCUT2D eigenvalue weighted by atomic mass is 10.2. The van der Waals surface area contributed by atoms with E-state index in [2.05, 4.69) is 9.97 Å². The third-order valence-electron chi connectivity index (χ3n) is 3.57. The fourth-order valence-corrected chi connectivity index (χ4v) is 2.56. The van der Waals surface area contributed by atoms with Gasteiger partial charge in [0.25, 0.3) is 0 Å². The van der Waals surface area contributed by atoms with E-state index in [-0.39, 0.29) is 5.82 Å². The summed E-state index contributed by atoms with van der Waals surface area (Å²) < 4.78 is 16.0. The molecule has 1 aromatic carbocycles. The molecular formula is C18H12FN3. The van der Waals surface area contributed by atoms with Crippen molar-refractivity contribution in [3.05, 3.63) is 78.9 Å². The van der Waals surface area contributed by atoms with Gasteiger partial charge in [-0.2, -0.15) is 0 Å². The molecule has 0 fully saturated rings. The molecule has 4 heteroatoms. The highest BCUT2D eigenvalue weighted by Gasteiger charge is 2.16. The van der Waals surface area contributed by atoms with Gasteiger partial charge in [-0.25, -0.2) is 9.37 Å². The Balaban J connectivity index is 2.04. The molecule has 3 nitrogen and oxygen atoms in total. The molecule has 0 saturated heterocycles. The molecular weight excluding hydrogens is 277 g/mol. The monoisotopic (exact) mass is 289 g/mol. The maximum Gasteiger partial charge on any atom is 0.148 e. The summed E-state index contributed by atoms with van der Waals surface area (Å²) in [7, 11) is 0. The third-order valence-corrected chi connectivity index (χ3v) is 3.57. The minimum Gasteiger partial charge on any atom is -0.299 e. The molecule has 3 aromatic heterocycles. The highest BCUT2D eigenvalue weighted by atomic mass is 19.1. The topological polar surface area (TPSA) is 30.2 Å². The Hall–Kier alpha value is -3.01. The van der Waals surface area contributed by atoms with Gasteiger partial charge in [0.2, 0.25) is 0 Å². The van der Waals surface area contributed by atoms with Crippen LogP contribution in [0.1, 0.15) is 0 Å². The first-order chi connectivity index (χ1) is 10.8. The molecule has 106 valence electrons. The van der Waals surface area contributed by atoms with Gasteiger partial charge in [-0.15, -0.1) is 0 Å². The number of aromatic nitrogens is 3. The van der Waals surface area contributed by atoms with Gasteiger partial charge in [0, 0.05) is 12.4 Å². The number of benzene rings is 1. The molecule has 0 spiro atoms. The van der Waals surface area contributed by atoms with Crippen LogP contribution in [0.4, 0.5) is 4.39 Å². The molecule has 0 aliphatic carbocycles. The van der Waals surface area contributed by atoms with Gasteiger partial charge >= 0.3 is 0 Å². The largest absolute Gasteiger partial charge is 0.299 e. The summed E-state index contributed by atoms with van der Waals surface area (Å²) in [5, 5.41) is 0. The molecule has 0 amide bonds. The lowest BCUT2D eigenvalue weighted by Gasteiger charge is -2.01. The zero-order valence-corrected chi connectivity index (χ0v) is 11.6. The van der Waals surface area contributed by atoms with Crippen molar-refractivity contribution in [1.29, 1.82) is 0 Å². The standard InChI is InChI=1S/C18H12FN3/c19-14-8-2-1-7-13(14)18-21-17(15-9-3-5-11-20-15)16-10-4-6-12-22(16)18/h1-12H. The SMILES string of the molecule is Fc1ccccc1-c1nc(-c2ccccn2)c2ccccn12. The highest BCUT2D eigenvalue weighted by molar-refractivity contribution is 5.79. The zero-order chi connectivity index (χ0) is 14.9. The molecule has 0 N–H and O–H groups in total. The Kier molecular flexibility index (Phi) is 2.93. The summed E-state index contributed by atoms with van der Waals surface area (Å²) in [6.45, 7) is 0. The quantitative estimate of drug-likeness (QED) is 0.553. The smallest absolute Gasteiger partial charge is 0.148 e. The Bertz CT molecular complexity index is 945. The Labute approximate surface area is 126 Å². The Morgan fingerprint density at radius 3 is 2.50 bits per heavy atom. The van der Waals surface area contributed by atoms with Crippen LogP contribution in [0.2, 0.25) is 0 Å². The van der Waals surface area contributed by atoms with Crippen molar-refractivity contribution in [2.24, 2.45) is 0 Å². The van der Waals surface area contributed by atoms with Crippen LogP contribution in [0.5, 0.6) is 0 Å². The second kappa shape index (κ2) is 5.07. The third kappa shape index (κ3) is 1.97. The molecule has 22 heavy (non-hydrogen) atoms. The maximum absolute atomic E-state index is 14.1. The van der Waals surface area contributed by atoms with E-state index in [0.29, 0.717) is 11.4 Å². The van der Waals surface area contributed by atoms with E-state index >= 15 is 0 Å². The number of hydrogen-bond acceptors (Lipinski definition) is 2. The number of nitrogens with zero attached hydrogens (tertiary/aromatic N) is 3. The van der Waals surface area contributed by atoms with Crippen LogP contribution in [0.15, 0.2) is 73.1 Å². The van der Waals surface area contributed by atoms with Gasteiger partial charge in [0.05, 0.1) is 16.8 Å². The van der Waals surface area contributed by atoms with Crippen molar-refractivity contribution in [2.45, 2.75) is 0 Å². The summed E-state index contributed by atoms with van der Waals surface area (Å²) in [5.41, 5.74) is 2.90. The normalized spacial score (nSPS) is 11.0. The average Bonchev–Trinajstić information content (AvgIpc) is 2.96. The van der Waals surface area contributed by atoms with Crippen LogP contribution >= 0.6 is 0 Å². The van der Waals surface area contributed by atoms with Crippen LogP contribution in [0.25, 0.3) is 28.3 Å². The summed E-state index contributed by atoms with van der Waals surface area (Å²) in [6, 6.07) is 18.1. The van der Waals surface area contributed by atoms with Crippen LogP contribution in [0.3, 0.4) is 0 Å². The molecule has 0 bridgehead atoms. The molecule has 0 aliphatic rings. The molecule has 4 rings (SSSR count). The Morgan fingerprint density at radius 2 is 1.68 bits per heavy atom. The molecule has 0 saturated carbocycles. The zero-order valence-electron chi connectivity index (χ0n) is 11.6. The maximum atomic E-state index is 14.1. The lowest BCUT2D eigenvalue weighted by Crippen LogP contribution is -1.91. The lowest BCUT2D eigenvalue weighted by molar-refractivity contribution is 0.630. The van der Waals surface area contributed by atoms with Crippen molar-refractivity contribution in [3.63, 3.8) is 0 Å². The van der Waals surface area contributed by atoms with E-state index < -0.39 is 0 Å². The summed E-state index contributed by atoms with van der Waals surface area (Å²) in [4.78, 5) is 9.01. The molecule has 3 heterocycles. The molecule has 0 atom stereocenters. The van der Waals surface area contributed by atoms with Crippen LogP contribution in [0, 0.1) is 5.82 Å². The summed E-state index contributed by atoms with van der Waals surface area (Å²) in [5.74, 6) is 0.292. The van der Waals surface area contributed by atoms with Gasteiger partial charge in [0.1, 0.15) is 17.3 Å². The van der Waals surface area contributed by atoms with Crippen molar-refractivity contribution in [2.75, 3.05) is 0 Å².